The Balaban J connectivity index is 2.30. The molecular formula is C13H17BrFNO3. The smallest absolute Gasteiger partial charge is 0.257 e. The van der Waals surface area contributed by atoms with Crippen LogP contribution >= 0.6 is 15.9 Å². The summed E-state index contributed by atoms with van der Waals surface area (Å²) in [5, 5.41) is 12.0. The number of aliphatic hydroxyl groups excluding tert-OH is 1. The Morgan fingerprint density at radius 1 is 1.58 bits per heavy atom. The van der Waals surface area contributed by atoms with Gasteiger partial charge < -0.3 is 15.2 Å². The second-order valence-electron chi connectivity index (χ2n) is 4.06. The molecule has 1 amide bonds. The summed E-state index contributed by atoms with van der Waals surface area (Å²) in [4.78, 5) is 11.5. The Morgan fingerprint density at radius 2 is 2.32 bits per heavy atom. The highest BCUT2D eigenvalue weighted by Gasteiger charge is 2.07. The van der Waals surface area contributed by atoms with Gasteiger partial charge in [0, 0.05) is 6.54 Å². The summed E-state index contributed by atoms with van der Waals surface area (Å²) in [6.07, 6.45) is 0.782. The van der Waals surface area contributed by atoms with Crippen molar-refractivity contribution in [3.05, 3.63) is 28.5 Å². The lowest BCUT2D eigenvalue weighted by atomic mass is 10.2. The monoisotopic (exact) mass is 333 g/mol. The van der Waals surface area contributed by atoms with E-state index < -0.39 is 6.10 Å². The summed E-state index contributed by atoms with van der Waals surface area (Å²) in [6, 6.07) is 3.98. The minimum atomic E-state index is -0.396. The molecule has 1 aromatic rings. The number of aliphatic hydroxyl groups is 1. The van der Waals surface area contributed by atoms with Crippen LogP contribution in [0.25, 0.3) is 0 Å². The van der Waals surface area contributed by atoms with Gasteiger partial charge in [-0.3, -0.25) is 4.79 Å². The first kappa shape index (κ1) is 15.9. The van der Waals surface area contributed by atoms with Gasteiger partial charge in [-0.05, 0) is 47.0 Å². The Morgan fingerprint density at radius 3 is 2.95 bits per heavy atom. The average Bonchev–Trinajstić information content (AvgIpc) is 2.37. The highest BCUT2D eigenvalue weighted by Crippen LogP contribution is 2.25. The summed E-state index contributed by atoms with van der Waals surface area (Å²) in [5.74, 6) is -0.248. The second kappa shape index (κ2) is 8.12. The van der Waals surface area contributed by atoms with Crippen LogP contribution in [-0.4, -0.2) is 30.3 Å². The van der Waals surface area contributed by atoms with Crippen LogP contribution in [0.5, 0.6) is 5.75 Å². The van der Waals surface area contributed by atoms with E-state index in [9.17, 15) is 14.3 Å². The van der Waals surface area contributed by atoms with Crippen LogP contribution in [0.3, 0.4) is 0 Å². The van der Waals surface area contributed by atoms with E-state index in [1.54, 1.807) is 0 Å². The Bertz CT molecular complexity index is 428. The van der Waals surface area contributed by atoms with Crippen molar-refractivity contribution in [1.29, 1.82) is 0 Å². The minimum absolute atomic E-state index is 0.146. The van der Waals surface area contributed by atoms with Crippen LogP contribution in [0.1, 0.15) is 19.8 Å². The molecule has 2 N–H and O–H groups in total. The highest BCUT2D eigenvalue weighted by molar-refractivity contribution is 9.10. The molecule has 1 unspecified atom stereocenters. The summed E-state index contributed by atoms with van der Waals surface area (Å²) in [5.41, 5.74) is 0. The van der Waals surface area contributed by atoms with E-state index >= 15 is 0 Å². The maximum Gasteiger partial charge on any atom is 0.257 e. The van der Waals surface area contributed by atoms with Crippen molar-refractivity contribution in [2.24, 2.45) is 0 Å². The lowest BCUT2D eigenvalue weighted by Gasteiger charge is -2.10. The van der Waals surface area contributed by atoms with Crippen molar-refractivity contribution in [2.75, 3.05) is 13.2 Å². The van der Waals surface area contributed by atoms with Gasteiger partial charge in [0.1, 0.15) is 11.6 Å². The maximum atomic E-state index is 12.8. The molecular weight excluding hydrogens is 317 g/mol. The fraction of sp³-hybridized carbons (Fsp3) is 0.462. The molecule has 0 aliphatic rings. The molecule has 0 saturated heterocycles. The van der Waals surface area contributed by atoms with Gasteiger partial charge in [-0.2, -0.15) is 0 Å². The predicted molar refractivity (Wildman–Crippen MR) is 73.5 cm³/mol. The lowest BCUT2D eigenvalue weighted by Crippen LogP contribution is -2.31. The fourth-order valence-electron chi connectivity index (χ4n) is 1.37. The summed E-state index contributed by atoms with van der Waals surface area (Å²) in [6.45, 7) is 2.13. The Labute approximate surface area is 120 Å². The second-order valence-corrected chi connectivity index (χ2v) is 4.92. The quantitative estimate of drug-likeness (QED) is 0.804. The first-order valence-electron chi connectivity index (χ1n) is 6.05. The molecule has 1 atom stereocenters. The van der Waals surface area contributed by atoms with Crippen LogP contribution in [0.2, 0.25) is 0 Å². The normalized spacial score (nSPS) is 12.0. The zero-order valence-electron chi connectivity index (χ0n) is 10.7. The van der Waals surface area contributed by atoms with Gasteiger partial charge in [-0.15, -0.1) is 0 Å². The van der Waals surface area contributed by atoms with Crippen molar-refractivity contribution in [2.45, 2.75) is 25.9 Å². The number of ether oxygens (including phenoxy) is 1. The molecule has 4 nitrogen and oxygen atoms in total. The number of carbonyl (C=O) groups excluding carboxylic acids is 1. The van der Waals surface area contributed by atoms with E-state index in [4.69, 9.17) is 4.74 Å². The van der Waals surface area contributed by atoms with Crippen molar-refractivity contribution < 1.29 is 19.0 Å². The number of hydrogen-bond donors (Lipinski definition) is 2. The summed E-state index contributed by atoms with van der Waals surface area (Å²) < 4.78 is 18.5. The zero-order chi connectivity index (χ0) is 14.3. The molecule has 0 saturated carbocycles. The van der Waals surface area contributed by atoms with Crippen LogP contribution in [0, 0.1) is 5.82 Å². The molecule has 0 heterocycles. The Hall–Kier alpha value is -1.14. The van der Waals surface area contributed by atoms with Crippen molar-refractivity contribution >= 4 is 21.8 Å². The molecule has 0 aliphatic heterocycles. The molecule has 0 fully saturated rings. The summed E-state index contributed by atoms with van der Waals surface area (Å²) in [7, 11) is 0. The zero-order valence-corrected chi connectivity index (χ0v) is 12.2. The number of hydrogen-bond acceptors (Lipinski definition) is 3. The number of nitrogens with one attached hydrogen (secondary N) is 1. The van der Waals surface area contributed by atoms with Gasteiger partial charge in [-0.1, -0.05) is 6.92 Å². The third kappa shape index (κ3) is 6.02. The van der Waals surface area contributed by atoms with E-state index in [2.05, 4.69) is 21.2 Å². The summed E-state index contributed by atoms with van der Waals surface area (Å²) >= 11 is 3.15. The van der Waals surface area contributed by atoms with Crippen molar-refractivity contribution in [1.82, 2.24) is 5.32 Å². The third-order valence-electron chi connectivity index (χ3n) is 2.52. The van der Waals surface area contributed by atoms with Gasteiger partial charge in [0.05, 0.1) is 10.6 Å². The molecule has 0 aromatic heterocycles. The maximum absolute atomic E-state index is 12.8. The molecule has 0 bridgehead atoms. The number of halogens is 2. The highest BCUT2D eigenvalue weighted by atomic mass is 79.9. The molecule has 0 spiro atoms. The first-order chi connectivity index (χ1) is 9.02. The van der Waals surface area contributed by atoms with Gasteiger partial charge in [0.25, 0.3) is 5.91 Å². The third-order valence-corrected chi connectivity index (χ3v) is 3.14. The Kier molecular flexibility index (Phi) is 6.80. The van der Waals surface area contributed by atoms with E-state index in [-0.39, 0.29) is 18.3 Å². The average molecular weight is 334 g/mol. The molecule has 1 aromatic carbocycles. The number of carbonyl (C=O) groups is 1. The van der Waals surface area contributed by atoms with Gasteiger partial charge in [0.2, 0.25) is 0 Å². The lowest BCUT2D eigenvalue weighted by molar-refractivity contribution is -0.123. The van der Waals surface area contributed by atoms with Crippen molar-refractivity contribution in [3.63, 3.8) is 0 Å². The van der Waals surface area contributed by atoms with Crippen molar-refractivity contribution in [3.8, 4) is 5.75 Å². The number of benzene rings is 1. The SMILES string of the molecule is CCC(O)CCNC(=O)COc1ccc(F)cc1Br. The number of rotatable bonds is 7. The predicted octanol–water partition coefficient (Wildman–Crippen LogP) is 2.24. The number of amides is 1. The van der Waals surface area contributed by atoms with Crippen LogP contribution in [0.4, 0.5) is 4.39 Å². The van der Waals surface area contributed by atoms with E-state index in [0.29, 0.717) is 29.6 Å². The van der Waals surface area contributed by atoms with E-state index in [0.717, 1.165) is 0 Å². The van der Waals surface area contributed by atoms with E-state index in [1.165, 1.54) is 18.2 Å². The van der Waals surface area contributed by atoms with E-state index in [1.807, 2.05) is 6.92 Å². The molecule has 0 aliphatic carbocycles. The first-order valence-corrected chi connectivity index (χ1v) is 6.84. The minimum Gasteiger partial charge on any atom is -0.483 e. The fourth-order valence-corrected chi connectivity index (χ4v) is 1.83. The molecule has 1 rings (SSSR count). The van der Waals surface area contributed by atoms with Gasteiger partial charge in [0.15, 0.2) is 6.61 Å². The largest absolute Gasteiger partial charge is 0.483 e. The van der Waals surface area contributed by atoms with Gasteiger partial charge >= 0.3 is 0 Å². The topological polar surface area (TPSA) is 58.6 Å². The van der Waals surface area contributed by atoms with Crippen LogP contribution in [-0.2, 0) is 4.79 Å². The van der Waals surface area contributed by atoms with Crippen LogP contribution < -0.4 is 10.1 Å². The molecule has 19 heavy (non-hydrogen) atoms. The molecule has 106 valence electrons. The van der Waals surface area contributed by atoms with Crippen LogP contribution in [0.15, 0.2) is 22.7 Å². The molecule has 0 radical (unpaired) electrons. The van der Waals surface area contributed by atoms with Gasteiger partial charge in [-0.25, -0.2) is 4.39 Å². The standard InChI is InChI=1S/C13H17BrFNO3/c1-2-10(17)5-6-16-13(18)8-19-12-4-3-9(15)7-11(12)14/h3-4,7,10,17H,2,5-6,8H2,1H3,(H,16,18). The molecule has 6 heteroatoms.